The van der Waals surface area contributed by atoms with Gasteiger partial charge in [0.15, 0.2) is 11.6 Å². The lowest BCUT2D eigenvalue weighted by molar-refractivity contribution is -0.127. The maximum atomic E-state index is 12.3. The molecule has 0 aliphatic heterocycles. The van der Waals surface area contributed by atoms with Crippen LogP contribution in [0.4, 0.5) is 4.79 Å². The number of alkyl carbamates (subject to hydrolysis) is 1. The number of Topliss-reactive ketones (excluding diaryl/α,β-unsaturated/α-hetero) is 2. The highest BCUT2D eigenvalue weighted by atomic mass is 16.6. The summed E-state index contributed by atoms with van der Waals surface area (Å²) in [5, 5.41) is 5.74. The van der Waals surface area contributed by atoms with Crippen molar-refractivity contribution >= 4 is 17.7 Å². The van der Waals surface area contributed by atoms with E-state index in [0.717, 1.165) is 0 Å². The molecule has 0 spiro atoms. The highest BCUT2D eigenvalue weighted by Crippen LogP contribution is 2.34. The third-order valence-corrected chi connectivity index (χ3v) is 5.62. The smallest absolute Gasteiger partial charge is 0.407 e. The molecule has 238 valence electrons. The summed E-state index contributed by atoms with van der Waals surface area (Å²) in [4.78, 5) is 36.1. The minimum atomic E-state index is -0.515. The van der Waals surface area contributed by atoms with E-state index in [1.807, 2.05) is 34.6 Å². The van der Waals surface area contributed by atoms with Crippen molar-refractivity contribution in [3.63, 3.8) is 0 Å². The lowest BCUT2D eigenvalue weighted by Crippen LogP contribution is -2.34. The Balaban J connectivity index is 1.82. The van der Waals surface area contributed by atoms with Crippen molar-refractivity contribution in [3.8, 4) is 0 Å². The van der Waals surface area contributed by atoms with Crippen LogP contribution in [0, 0.1) is 5.41 Å². The van der Waals surface area contributed by atoms with Gasteiger partial charge in [0.2, 0.25) is 0 Å². The number of carbonyl (C=O) groups excluding carboxylic acids is 3. The Morgan fingerprint density at radius 2 is 1.00 bits per heavy atom. The van der Waals surface area contributed by atoms with E-state index in [1.165, 1.54) is 0 Å². The molecule has 0 aromatic heterocycles. The first kappa shape index (κ1) is 36.9. The van der Waals surface area contributed by atoms with Gasteiger partial charge in [0.1, 0.15) is 5.60 Å². The Hall–Kier alpha value is -2.09. The summed E-state index contributed by atoms with van der Waals surface area (Å²) in [6.07, 6.45) is 0.328. The SMILES string of the molecule is CC(NCCOCCOCCOCCOCCOCCOCCNC(=O)OC(C)(C)C)=C1C(=O)CC(C)(C)CC1=O. The summed E-state index contributed by atoms with van der Waals surface area (Å²) in [5.41, 5.74) is 0.145. The van der Waals surface area contributed by atoms with Crippen LogP contribution in [0.1, 0.15) is 54.4 Å². The zero-order valence-electron chi connectivity index (χ0n) is 25.9. The fourth-order valence-corrected chi connectivity index (χ4v) is 3.82. The Labute approximate surface area is 245 Å². The molecule has 12 heteroatoms. The molecule has 0 saturated heterocycles. The van der Waals surface area contributed by atoms with Crippen LogP contribution in [0.25, 0.3) is 0 Å². The molecule has 1 saturated carbocycles. The molecule has 0 radical (unpaired) electrons. The van der Waals surface area contributed by atoms with Crippen molar-refractivity contribution in [1.29, 1.82) is 0 Å². The second-order valence-corrected chi connectivity index (χ2v) is 11.4. The summed E-state index contributed by atoms with van der Waals surface area (Å²) < 4.78 is 37.8. The van der Waals surface area contributed by atoms with Gasteiger partial charge in [-0.2, -0.15) is 0 Å². The van der Waals surface area contributed by atoms with Gasteiger partial charge in [-0.25, -0.2) is 4.79 Å². The predicted octanol–water partition coefficient (Wildman–Crippen LogP) is 2.43. The van der Waals surface area contributed by atoms with Crippen molar-refractivity contribution in [3.05, 3.63) is 11.3 Å². The van der Waals surface area contributed by atoms with Crippen LogP contribution < -0.4 is 10.6 Å². The number of nitrogens with one attached hydrogen (secondary N) is 2. The number of ketones is 2. The molecular formula is C29H52N2O10. The highest BCUT2D eigenvalue weighted by Gasteiger charge is 2.36. The Bertz CT molecular complexity index is 786. The van der Waals surface area contributed by atoms with Crippen LogP contribution in [-0.2, 0) is 42.7 Å². The minimum Gasteiger partial charge on any atom is -0.444 e. The number of rotatable bonds is 22. The van der Waals surface area contributed by atoms with Crippen LogP contribution in [0.15, 0.2) is 11.3 Å². The maximum Gasteiger partial charge on any atom is 0.407 e. The molecule has 0 aromatic carbocycles. The van der Waals surface area contributed by atoms with E-state index >= 15 is 0 Å². The molecular weight excluding hydrogens is 536 g/mol. The lowest BCUT2D eigenvalue weighted by atomic mass is 9.73. The van der Waals surface area contributed by atoms with Crippen LogP contribution >= 0.6 is 0 Å². The van der Waals surface area contributed by atoms with E-state index in [-0.39, 0.29) is 17.0 Å². The third kappa shape index (κ3) is 19.6. The molecule has 0 aromatic rings. The van der Waals surface area contributed by atoms with E-state index in [9.17, 15) is 14.4 Å². The summed E-state index contributed by atoms with van der Waals surface area (Å²) in [6, 6.07) is 0. The molecule has 0 unspecified atom stereocenters. The van der Waals surface area contributed by atoms with E-state index in [4.69, 9.17) is 33.2 Å². The standard InChI is InChI=1S/C29H52N2O10/c1-23(26-24(32)21-29(5,6)22-25(26)33)30-7-9-35-11-13-37-15-17-39-19-20-40-18-16-38-14-12-36-10-8-31-27(34)41-28(2,3)4/h30H,7-22H2,1-6H3,(H,31,34). The van der Waals surface area contributed by atoms with E-state index in [1.54, 1.807) is 6.92 Å². The largest absolute Gasteiger partial charge is 0.444 e. The van der Waals surface area contributed by atoms with Gasteiger partial charge in [-0.05, 0) is 33.1 Å². The average Bonchev–Trinajstić information content (AvgIpc) is 2.84. The second kappa shape index (κ2) is 20.7. The molecule has 0 bridgehead atoms. The summed E-state index contributed by atoms with van der Waals surface area (Å²) in [6.45, 7) is 17.4. The first-order chi connectivity index (χ1) is 19.4. The molecule has 2 N–H and O–H groups in total. The van der Waals surface area contributed by atoms with Crippen LogP contribution in [-0.4, -0.2) is 116 Å². The molecule has 12 nitrogen and oxygen atoms in total. The van der Waals surface area contributed by atoms with Crippen molar-refractivity contribution < 1.29 is 47.5 Å². The van der Waals surface area contributed by atoms with Crippen molar-refractivity contribution in [2.75, 3.05) is 92.4 Å². The lowest BCUT2D eigenvalue weighted by Gasteiger charge is -2.29. The number of carbonyl (C=O) groups is 3. The summed E-state index contributed by atoms with van der Waals surface area (Å²) >= 11 is 0. The van der Waals surface area contributed by atoms with Gasteiger partial charge in [-0.15, -0.1) is 0 Å². The summed E-state index contributed by atoms with van der Waals surface area (Å²) in [5.74, 6) is -0.176. The van der Waals surface area contributed by atoms with E-state index in [0.29, 0.717) is 116 Å². The van der Waals surface area contributed by atoms with Crippen molar-refractivity contribution in [2.45, 2.75) is 60.0 Å². The van der Waals surface area contributed by atoms with Gasteiger partial charge in [0, 0.05) is 31.6 Å². The molecule has 41 heavy (non-hydrogen) atoms. The molecule has 1 aliphatic carbocycles. The number of ether oxygens (including phenoxy) is 7. The quantitative estimate of drug-likeness (QED) is 0.109. The molecule has 1 rings (SSSR count). The second-order valence-electron chi connectivity index (χ2n) is 11.4. The van der Waals surface area contributed by atoms with Gasteiger partial charge >= 0.3 is 6.09 Å². The van der Waals surface area contributed by atoms with Crippen LogP contribution in [0.5, 0.6) is 0 Å². The van der Waals surface area contributed by atoms with Gasteiger partial charge < -0.3 is 43.8 Å². The monoisotopic (exact) mass is 588 g/mol. The van der Waals surface area contributed by atoms with Crippen molar-refractivity contribution in [1.82, 2.24) is 10.6 Å². The number of amides is 1. The Morgan fingerprint density at radius 1 is 0.659 bits per heavy atom. The zero-order chi connectivity index (χ0) is 30.6. The van der Waals surface area contributed by atoms with E-state index in [2.05, 4.69) is 10.6 Å². The van der Waals surface area contributed by atoms with Crippen LogP contribution in [0.2, 0.25) is 0 Å². The maximum absolute atomic E-state index is 12.3. The summed E-state index contributed by atoms with van der Waals surface area (Å²) in [7, 11) is 0. The minimum absolute atomic E-state index is 0.0881. The van der Waals surface area contributed by atoms with E-state index < -0.39 is 11.7 Å². The molecule has 0 heterocycles. The van der Waals surface area contributed by atoms with Gasteiger partial charge in [0.05, 0.1) is 84.9 Å². The van der Waals surface area contributed by atoms with Gasteiger partial charge in [-0.3, -0.25) is 9.59 Å². The van der Waals surface area contributed by atoms with Gasteiger partial charge in [0.25, 0.3) is 0 Å². The molecule has 1 fully saturated rings. The zero-order valence-corrected chi connectivity index (χ0v) is 25.9. The Kier molecular flexibility index (Phi) is 18.7. The average molecular weight is 589 g/mol. The Morgan fingerprint density at radius 3 is 1.37 bits per heavy atom. The number of hydrogen-bond donors (Lipinski definition) is 2. The highest BCUT2D eigenvalue weighted by molar-refractivity contribution is 6.22. The number of allylic oxidation sites excluding steroid dienone is 2. The topological polar surface area (TPSA) is 140 Å². The molecule has 1 amide bonds. The fraction of sp³-hybridized carbons (Fsp3) is 0.828. The first-order valence-corrected chi connectivity index (χ1v) is 14.4. The fourth-order valence-electron chi connectivity index (χ4n) is 3.82. The number of hydrogen-bond acceptors (Lipinski definition) is 11. The van der Waals surface area contributed by atoms with Crippen molar-refractivity contribution in [2.24, 2.45) is 5.41 Å². The normalized spacial score (nSPS) is 15.2. The predicted molar refractivity (Wildman–Crippen MR) is 153 cm³/mol. The van der Waals surface area contributed by atoms with Gasteiger partial charge in [-0.1, -0.05) is 13.8 Å². The van der Waals surface area contributed by atoms with Crippen LogP contribution in [0.3, 0.4) is 0 Å². The first-order valence-electron chi connectivity index (χ1n) is 14.4. The molecule has 1 aliphatic rings. The molecule has 0 atom stereocenters. The third-order valence-electron chi connectivity index (χ3n) is 5.62.